The van der Waals surface area contributed by atoms with Gasteiger partial charge < -0.3 is 29.0 Å². The van der Waals surface area contributed by atoms with Crippen LogP contribution in [0.25, 0.3) is 0 Å². The summed E-state index contributed by atoms with van der Waals surface area (Å²) in [7, 11) is 0. The third kappa shape index (κ3) is 37.9. The summed E-state index contributed by atoms with van der Waals surface area (Å²) in [5.41, 5.74) is 0. The predicted octanol–water partition coefficient (Wildman–Crippen LogP) is 10.3. The lowest BCUT2D eigenvalue weighted by Gasteiger charge is -2.21. The predicted molar refractivity (Wildman–Crippen MR) is 211 cm³/mol. The standard InChI is InChI=1S/C43H81NO7/c1-4-7-10-13-15-21-27-37-48-41(46)30-23-17-16-18-24-33-44(35-36-45)34-25-19-22-28-38-49-42(47)31-32-43(50-39-26-12-9-6-3)51-40-29-20-14-11-8-5-2/h43,45H,4-13,15-19,21-40H2,1-3H3. The Morgan fingerprint density at radius 3 is 1.59 bits per heavy atom. The van der Waals surface area contributed by atoms with Crippen LogP contribution in [0.4, 0.5) is 0 Å². The molecular weight excluding hydrogens is 642 g/mol. The van der Waals surface area contributed by atoms with Crippen molar-refractivity contribution < 1.29 is 33.6 Å². The molecule has 0 amide bonds. The van der Waals surface area contributed by atoms with Crippen molar-refractivity contribution in [3.05, 3.63) is 0 Å². The van der Waals surface area contributed by atoms with Crippen molar-refractivity contribution in [2.45, 2.75) is 200 Å². The van der Waals surface area contributed by atoms with E-state index in [1.165, 1.54) is 44.9 Å². The second kappa shape index (κ2) is 41.1. The second-order valence-electron chi connectivity index (χ2n) is 14.0. The lowest BCUT2D eigenvalue weighted by atomic mass is 10.1. The normalized spacial score (nSPS) is 11.8. The average molecular weight is 724 g/mol. The topological polar surface area (TPSA) is 94.5 Å². The van der Waals surface area contributed by atoms with Crippen LogP contribution in [0.3, 0.4) is 0 Å². The highest BCUT2D eigenvalue weighted by Crippen LogP contribution is 2.12. The number of unbranched alkanes of at least 4 members (excludes halogenated alkanes) is 18. The first-order chi connectivity index (χ1) is 25.1. The first-order valence-electron chi connectivity index (χ1n) is 21.4. The summed E-state index contributed by atoms with van der Waals surface area (Å²) >= 11 is 0. The molecule has 0 aromatic carbocycles. The molecule has 0 aliphatic rings. The Bertz CT molecular complexity index is 812. The molecule has 0 aromatic rings. The molecule has 1 unspecified atom stereocenters. The van der Waals surface area contributed by atoms with Crippen LogP contribution in [0.15, 0.2) is 0 Å². The maximum atomic E-state index is 12.4. The molecule has 0 fully saturated rings. The van der Waals surface area contributed by atoms with E-state index in [0.717, 1.165) is 116 Å². The molecule has 0 heterocycles. The third-order valence-corrected chi connectivity index (χ3v) is 9.11. The zero-order valence-electron chi connectivity index (χ0n) is 33.7. The Labute approximate surface area is 314 Å². The molecule has 8 nitrogen and oxygen atoms in total. The zero-order chi connectivity index (χ0) is 37.3. The van der Waals surface area contributed by atoms with Gasteiger partial charge in [0.15, 0.2) is 6.29 Å². The number of carbonyl (C=O) groups is 2. The Hall–Kier alpha value is -1.66. The fourth-order valence-electron chi connectivity index (χ4n) is 5.86. The van der Waals surface area contributed by atoms with E-state index in [-0.39, 0.29) is 18.5 Å². The van der Waals surface area contributed by atoms with Gasteiger partial charge in [0.05, 0.1) is 32.8 Å². The fourth-order valence-corrected chi connectivity index (χ4v) is 5.86. The molecule has 0 saturated carbocycles. The van der Waals surface area contributed by atoms with Gasteiger partial charge in [-0.3, -0.25) is 9.59 Å². The van der Waals surface area contributed by atoms with E-state index in [4.69, 9.17) is 18.9 Å². The Kier molecular flexibility index (Phi) is 39.8. The highest BCUT2D eigenvalue weighted by atomic mass is 16.7. The largest absolute Gasteiger partial charge is 0.466 e. The zero-order valence-corrected chi connectivity index (χ0v) is 33.7. The molecule has 0 bridgehead atoms. The van der Waals surface area contributed by atoms with Crippen LogP contribution < -0.4 is 0 Å². The number of carbonyl (C=O) groups excluding carboxylic acids is 2. The van der Waals surface area contributed by atoms with Crippen molar-refractivity contribution in [3.8, 4) is 11.8 Å². The van der Waals surface area contributed by atoms with Gasteiger partial charge in [0.2, 0.25) is 0 Å². The molecule has 8 heteroatoms. The minimum atomic E-state index is -0.390. The summed E-state index contributed by atoms with van der Waals surface area (Å²) in [6, 6.07) is 0. The van der Waals surface area contributed by atoms with Gasteiger partial charge in [-0.25, -0.2) is 0 Å². The molecule has 0 aliphatic carbocycles. The first-order valence-corrected chi connectivity index (χ1v) is 21.4. The average Bonchev–Trinajstić information content (AvgIpc) is 3.13. The van der Waals surface area contributed by atoms with E-state index < -0.39 is 6.29 Å². The summed E-state index contributed by atoms with van der Waals surface area (Å²) in [6.45, 7) is 11.7. The van der Waals surface area contributed by atoms with Crippen LogP contribution in [-0.4, -0.2) is 80.9 Å². The highest BCUT2D eigenvalue weighted by molar-refractivity contribution is 5.69. The minimum absolute atomic E-state index is 0.0452. The van der Waals surface area contributed by atoms with E-state index >= 15 is 0 Å². The van der Waals surface area contributed by atoms with E-state index in [1.54, 1.807) is 0 Å². The van der Waals surface area contributed by atoms with Crippen LogP contribution in [0, 0.1) is 11.8 Å². The van der Waals surface area contributed by atoms with Crippen LogP contribution in [0.2, 0.25) is 0 Å². The molecule has 0 spiro atoms. The summed E-state index contributed by atoms with van der Waals surface area (Å²) < 4.78 is 22.8. The van der Waals surface area contributed by atoms with Crippen molar-refractivity contribution in [1.82, 2.24) is 4.90 Å². The van der Waals surface area contributed by atoms with Gasteiger partial charge in [0.25, 0.3) is 0 Å². The summed E-state index contributed by atoms with van der Waals surface area (Å²) in [5.74, 6) is 6.12. The molecule has 0 saturated heterocycles. The molecule has 0 aliphatic heterocycles. The quantitative estimate of drug-likeness (QED) is 0.0290. The number of esters is 2. The number of aliphatic hydroxyl groups is 1. The third-order valence-electron chi connectivity index (χ3n) is 9.11. The Balaban J connectivity index is 3.93. The summed E-state index contributed by atoms with van der Waals surface area (Å²) in [6.07, 6.45) is 27.4. The second-order valence-corrected chi connectivity index (χ2v) is 14.0. The van der Waals surface area contributed by atoms with Crippen LogP contribution in [0.5, 0.6) is 0 Å². The van der Waals surface area contributed by atoms with Crippen LogP contribution in [0.1, 0.15) is 194 Å². The number of rotatable bonds is 39. The molecule has 1 atom stereocenters. The van der Waals surface area contributed by atoms with Crippen LogP contribution >= 0.6 is 0 Å². The first kappa shape index (κ1) is 49.3. The Morgan fingerprint density at radius 2 is 0.980 bits per heavy atom. The Morgan fingerprint density at radius 1 is 0.510 bits per heavy atom. The van der Waals surface area contributed by atoms with E-state index in [2.05, 4.69) is 37.5 Å². The van der Waals surface area contributed by atoms with Crippen molar-refractivity contribution in [1.29, 1.82) is 0 Å². The maximum absolute atomic E-state index is 12.4. The lowest BCUT2D eigenvalue weighted by Crippen LogP contribution is -2.29. The van der Waals surface area contributed by atoms with Crippen molar-refractivity contribution in [2.24, 2.45) is 0 Å². The molecule has 0 aromatic heterocycles. The minimum Gasteiger partial charge on any atom is -0.466 e. The van der Waals surface area contributed by atoms with Crippen LogP contribution in [-0.2, 0) is 28.5 Å². The summed E-state index contributed by atoms with van der Waals surface area (Å²) in [5, 5.41) is 9.51. The lowest BCUT2D eigenvalue weighted by molar-refractivity contribution is -0.158. The molecule has 51 heavy (non-hydrogen) atoms. The van der Waals surface area contributed by atoms with Gasteiger partial charge in [0.1, 0.15) is 0 Å². The number of hydrogen-bond acceptors (Lipinski definition) is 8. The molecule has 1 N–H and O–H groups in total. The number of nitrogens with zero attached hydrogens (tertiary/aromatic N) is 1. The van der Waals surface area contributed by atoms with Gasteiger partial charge in [-0.1, -0.05) is 117 Å². The van der Waals surface area contributed by atoms with E-state index in [1.807, 2.05) is 0 Å². The van der Waals surface area contributed by atoms with Gasteiger partial charge >= 0.3 is 11.9 Å². The highest BCUT2D eigenvalue weighted by Gasteiger charge is 2.13. The molecule has 0 rings (SSSR count). The van der Waals surface area contributed by atoms with Crippen molar-refractivity contribution >= 4 is 11.9 Å². The number of aliphatic hydroxyl groups excluding tert-OH is 1. The smallest absolute Gasteiger partial charge is 0.305 e. The van der Waals surface area contributed by atoms with E-state index in [0.29, 0.717) is 58.7 Å². The van der Waals surface area contributed by atoms with E-state index in [9.17, 15) is 14.7 Å². The van der Waals surface area contributed by atoms with Crippen molar-refractivity contribution in [3.63, 3.8) is 0 Å². The van der Waals surface area contributed by atoms with Gasteiger partial charge in [-0.2, -0.15) is 0 Å². The fraction of sp³-hybridized carbons (Fsp3) is 0.907. The maximum Gasteiger partial charge on any atom is 0.305 e. The van der Waals surface area contributed by atoms with Gasteiger partial charge in [-0.05, 0) is 58.0 Å². The molecule has 300 valence electrons. The SMILES string of the molecule is CCCCC#CCCOC(CCC(=O)OCCCCCCN(CCO)CCCCCCCC(=O)OCCCCCCCCC)OCCCCCC. The molecular formula is C43H81NO7. The number of hydrogen-bond donors (Lipinski definition) is 1. The monoisotopic (exact) mass is 724 g/mol. The van der Waals surface area contributed by atoms with Gasteiger partial charge in [0, 0.05) is 38.8 Å². The summed E-state index contributed by atoms with van der Waals surface area (Å²) in [4.78, 5) is 26.7. The van der Waals surface area contributed by atoms with Gasteiger partial charge in [-0.15, -0.1) is 11.8 Å². The number of ether oxygens (including phenoxy) is 4. The molecule has 0 radical (unpaired) electrons. The van der Waals surface area contributed by atoms with Crippen molar-refractivity contribution in [2.75, 3.05) is 52.7 Å².